The Morgan fingerprint density at radius 1 is 0.864 bits per heavy atom. The van der Waals surface area contributed by atoms with Crippen molar-refractivity contribution in [3.63, 3.8) is 0 Å². The molecule has 3 nitrogen and oxygen atoms in total. The molecule has 1 aliphatic heterocycles. The van der Waals surface area contributed by atoms with Crippen molar-refractivity contribution in [1.29, 1.82) is 0 Å². The molecule has 1 aliphatic rings. The van der Waals surface area contributed by atoms with Crippen LogP contribution in [0.25, 0.3) is 0 Å². The second-order valence-electron chi connectivity index (χ2n) is 5.61. The molecule has 22 heavy (non-hydrogen) atoms. The summed E-state index contributed by atoms with van der Waals surface area (Å²) in [5, 5.41) is 0. The Kier molecular flexibility index (Phi) is 4.75. The summed E-state index contributed by atoms with van der Waals surface area (Å²) in [7, 11) is 0. The average Bonchev–Trinajstić information content (AvgIpc) is 2.54. The predicted molar refractivity (Wildman–Crippen MR) is 81.1 cm³/mol. The molecule has 0 saturated carbocycles. The van der Waals surface area contributed by atoms with Crippen LogP contribution in [-0.2, 0) is 13.1 Å². The van der Waals surface area contributed by atoms with Gasteiger partial charge in [-0.2, -0.15) is 0 Å². The quantitative estimate of drug-likeness (QED) is 0.866. The van der Waals surface area contributed by atoms with Crippen molar-refractivity contribution >= 4 is 0 Å². The number of aromatic nitrogens is 1. The van der Waals surface area contributed by atoms with E-state index in [0.717, 1.165) is 38.3 Å². The van der Waals surface area contributed by atoms with Gasteiger partial charge in [0.2, 0.25) is 0 Å². The second kappa shape index (κ2) is 6.94. The fourth-order valence-corrected chi connectivity index (χ4v) is 2.70. The highest BCUT2D eigenvalue weighted by Gasteiger charge is 2.18. The Labute approximate surface area is 129 Å². The molecule has 2 heterocycles. The molecule has 0 aliphatic carbocycles. The van der Waals surface area contributed by atoms with Gasteiger partial charge >= 0.3 is 0 Å². The second-order valence-corrected chi connectivity index (χ2v) is 5.61. The zero-order valence-electron chi connectivity index (χ0n) is 12.4. The maximum atomic E-state index is 13.6. The van der Waals surface area contributed by atoms with E-state index in [9.17, 15) is 8.78 Å². The van der Waals surface area contributed by atoms with Crippen molar-refractivity contribution < 1.29 is 8.78 Å². The number of hydrogen-bond acceptors (Lipinski definition) is 3. The van der Waals surface area contributed by atoms with Gasteiger partial charge in [0.25, 0.3) is 0 Å². The molecule has 0 amide bonds. The number of nitrogens with zero attached hydrogens (tertiary/aromatic N) is 3. The maximum absolute atomic E-state index is 13.6. The van der Waals surface area contributed by atoms with Gasteiger partial charge in [0.15, 0.2) is 0 Å². The van der Waals surface area contributed by atoms with Gasteiger partial charge < -0.3 is 0 Å². The Morgan fingerprint density at radius 2 is 1.50 bits per heavy atom. The molecule has 0 N–H and O–H groups in total. The van der Waals surface area contributed by atoms with Crippen LogP contribution in [0.5, 0.6) is 0 Å². The minimum atomic E-state index is -0.240. The van der Waals surface area contributed by atoms with Crippen LogP contribution in [0.2, 0.25) is 0 Å². The summed E-state index contributed by atoms with van der Waals surface area (Å²) < 4.78 is 26.5. The lowest BCUT2D eigenvalue weighted by atomic mass is 10.2. The molecule has 2 aromatic rings. The van der Waals surface area contributed by atoms with Crippen LogP contribution in [0.4, 0.5) is 8.78 Å². The number of piperazine rings is 1. The molecule has 5 heteroatoms. The predicted octanol–water partition coefficient (Wildman–Crippen LogP) is 2.68. The van der Waals surface area contributed by atoms with Gasteiger partial charge in [0.05, 0.1) is 5.69 Å². The van der Waals surface area contributed by atoms with E-state index in [-0.39, 0.29) is 11.6 Å². The van der Waals surface area contributed by atoms with E-state index in [1.165, 1.54) is 18.2 Å². The third-order valence-corrected chi connectivity index (χ3v) is 3.99. The fraction of sp³-hybridized carbons (Fsp3) is 0.353. The summed E-state index contributed by atoms with van der Waals surface area (Å²) in [6.45, 7) is 5.00. The highest BCUT2D eigenvalue weighted by Crippen LogP contribution is 2.12. The first kappa shape index (κ1) is 15.1. The zero-order valence-corrected chi connectivity index (χ0v) is 12.4. The molecule has 0 atom stereocenters. The summed E-state index contributed by atoms with van der Waals surface area (Å²) in [6, 6.07) is 9.70. The molecule has 0 bridgehead atoms. The van der Waals surface area contributed by atoms with Crippen molar-refractivity contribution in [3.05, 3.63) is 65.5 Å². The number of halogens is 2. The van der Waals surface area contributed by atoms with E-state index in [0.29, 0.717) is 12.2 Å². The van der Waals surface area contributed by atoms with Crippen LogP contribution in [0, 0.1) is 11.6 Å². The first-order valence-corrected chi connectivity index (χ1v) is 7.49. The van der Waals surface area contributed by atoms with Crippen molar-refractivity contribution in [3.8, 4) is 0 Å². The Balaban J connectivity index is 1.50. The molecule has 1 fully saturated rings. The third-order valence-electron chi connectivity index (χ3n) is 3.99. The lowest BCUT2D eigenvalue weighted by molar-refractivity contribution is 0.120. The van der Waals surface area contributed by atoms with Gasteiger partial charge in [-0.15, -0.1) is 0 Å². The molecule has 3 rings (SSSR count). The van der Waals surface area contributed by atoms with Crippen molar-refractivity contribution in [1.82, 2.24) is 14.8 Å². The molecule has 116 valence electrons. The molecular formula is C17H19F2N3. The molecule has 0 radical (unpaired) electrons. The van der Waals surface area contributed by atoms with Gasteiger partial charge in [0.1, 0.15) is 11.6 Å². The van der Waals surface area contributed by atoms with Gasteiger partial charge in [0, 0.05) is 45.5 Å². The van der Waals surface area contributed by atoms with Crippen LogP contribution < -0.4 is 0 Å². The van der Waals surface area contributed by atoms with Gasteiger partial charge in [-0.25, -0.2) is 8.78 Å². The topological polar surface area (TPSA) is 19.4 Å². The number of rotatable bonds is 4. The third kappa shape index (κ3) is 3.87. The molecule has 1 aromatic carbocycles. The van der Waals surface area contributed by atoms with Crippen molar-refractivity contribution in [2.45, 2.75) is 13.1 Å². The van der Waals surface area contributed by atoms with Crippen molar-refractivity contribution in [2.75, 3.05) is 26.2 Å². The minimum absolute atomic E-state index is 0.203. The van der Waals surface area contributed by atoms with Gasteiger partial charge in [-0.05, 0) is 29.8 Å². The summed E-state index contributed by atoms with van der Waals surface area (Å²) in [6.07, 6.45) is 1.63. The van der Waals surface area contributed by atoms with Crippen molar-refractivity contribution in [2.24, 2.45) is 0 Å². The van der Waals surface area contributed by atoms with E-state index < -0.39 is 0 Å². The summed E-state index contributed by atoms with van der Waals surface area (Å²) >= 11 is 0. The number of benzene rings is 1. The summed E-state index contributed by atoms with van der Waals surface area (Å²) in [5.41, 5.74) is 1.63. The number of pyridine rings is 1. The molecule has 1 aromatic heterocycles. The van der Waals surface area contributed by atoms with E-state index in [1.807, 2.05) is 12.1 Å². The first-order chi connectivity index (χ1) is 10.7. The molecule has 1 saturated heterocycles. The first-order valence-electron chi connectivity index (χ1n) is 7.49. The van der Waals surface area contributed by atoms with Crippen LogP contribution in [0.1, 0.15) is 11.3 Å². The highest BCUT2D eigenvalue weighted by molar-refractivity contribution is 5.16. The smallest absolute Gasteiger partial charge is 0.146 e. The molecule has 0 unspecified atom stereocenters. The summed E-state index contributed by atoms with van der Waals surface area (Å²) in [4.78, 5) is 8.65. The van der Waals surface area contributed by atoms with Crippen LogP contribution in [0.15, 0.2) is 42.6 Å². The van der Waals surface area contributed by atoms with E-state index in [1.54, 1.807) is 12.3 Å². The Bertz CT molecular complexity index is 608. The van der Waals surface area contributed by atoms with Gasteiger partial charge in [-0.1, -0.05) is 12.1 Å². The van der Waals surface area contributed by atoms with E-state index in [4.69, 9.17) is 0 Å². The van der Waals surface area contributed by atoms with E-state index in [2.05, 4.69) is 14.8 Å². The highest BCUT2D eigenvalue weighted by atomic mass is 19.1. The van der Waals surface area contributed by atoms with Crippen LogP contribution >= 0.6 is 0 Å². The Morgan fingerprint density at radius 3 is 2.14 bits per heavy atom. The lowest BCUT2D eigenvalue weighted by Gasteiger charge is -2.34. The van der Waals surface area contributed by atoms with Crippen LogP contribution in [-0.4, -0.2) is 41.0 Å². The average molecular weight is 303 g/mol. The monoisotopic (exact) mass is 303 g/mol. The normalized spacial score (nSPS) is 16.8. The minimum Gasteiger partial charge on any atom is -0.297 e. The van der Waals surface area contributed by atoms with Gasteiger partial charge in [-0.3, -0.25) is 14.8 Å². The van der Waals surface area contributed by atoms with E-state index >= 15 is 0 Å². The lowest BCUT2D eigenvalue weighted by Crippen LogP contribution is -2.45. The standard InChI is InChI=1S/C17H19F2N3/c18-15-5-3-14(4-6-15)12-21-8-10-22(11-9-21)13-17-16(19)2-1-7-20-17/h1-7H,8-13H2. The largest absolute Gasteiger partial charge is 0.297 e. The fourth-order valence-electron chi connectivity index (χ4n) is 2.70. The molecule has 0 spiro atoms. The summed E-state index contributed by atoms with van der Waals surface area (Å²) in [5.74, 6) is -0.442. The maximum Gasteiger partial charge on any atom is 0.146 e. The SMILES string of the molecule is Fc1ccc(CN2CCN(Cc3ncccc3F)CC2)cc1. The molecular weight excluding hydrogens is 284 g/mol. The Hall–Kier alpha value is -1.85. The van der Waals surface area contributed by atoms with Crippen LogP contribution in [0.3, 0.4) is 0 Å². The zero-order chi connectivity index (χ0) is 15.4. The number of hydrogen-bond donors (Lipinski definition) is 0.